The molecule has 100 valence electrons. The van der Waals surface area contributed by atoms with Gasteiger partial charge in [-0.25, -0.2) is 17.8 Å². The largest absolute Gasteiger partial charge is 0.263 e. The normalized spacial score (nSPS) is 11.3. The highest BCUT2D eigenvalue weighted by molar-refractivity contribution is 7.92. The zero-order valence-electron chi connectivity index (χ0n) is 9.14. The second-order valence-corrected chi connectivity index (χ2v) is 5.89. The molecule has 0 aliphatic heterocycles. The van der Waals surface area contributed by atoms with Crippen molar-refractivity contribution in [3.63, 3.8) is 0 Å². The molecule has 0 fully saturated rings. The summed E-state index contributed by atoms with van der Waals surface area (Å²) in [6.45, 7) is 0. The summed E-state index contributed by atoms with van der Waals surface area (Å²) in [5.41, 5.74) is 0. The smallest absolute Gasteiger partial charge is 0.262 e. The van der Waals surface area contributed by atoms with Gasteiger partial charge in [0.25, 0.3) is 10.0 Å². The Morgan fingerprint density at radius 1 is 1.21 bits per heavy atom. The maximum absolute atomic E-state index is 13.0. The number of sulfonamides is 1. The predicted octanol–water partition coefficient (Wildman–Crippen LogP) is 2.72. The summed E-state index contributed by atoms with van der Waals surface area (Å²) < 4.78 is 39.1. The molecule has 0 aliphatic rings. The highest BCUT2D eigenvalue weighted by Crippen LogP contribution is 2.21. The van der Waals surface area contributed by atoms with Crippen molar-refractivity contribution in [2.45, 2.75) is 4.90 Å². The zero-order chi connectivity index (χ0) is 14.0. The summed E-state index contributed by atoms with van der Waals surface area (Å²) in [7, 11) is -3.93. The Kier molecular flexibility index (Phi) is 3.88. The van der Waals surface area contributed by atoms with Gasteiger partial charge in [0.05, 0.1) is 22.3 Å². The van der Waals surface area contributed by atoms with E-state index in [0.717, 1.165) is 18.2 Å². The number of anilines is 1. The van der Waals surface area contributed by atoms with Crippen LogP contribution in [0.15, 0.2) is 35.5 Å². The maximum Gasteiger partial charge on any atom is 0.263 e. The molecule has 1 aromatic carbocycles. The number of hydrogen-bond donors (Lipinski definition) is 1. The number of halogens is 3. The van der Waals surface area contributed by atoms with Gasteiger partial charge in [-0.2, -0.15) is 0 Å². The summed E-state index contributed by atoms with van der Waals surface area (Å²) >= 11 is 11.1. The van der Waals surface area contributed by atoms with Gasteiger partial charge in [0.1, 0.15) is 11.0 Å². The van der Waals surface area contributed by atoms with Crippen LogP contribution in [0.25, 0.3) is 0 Å². The average molecular weight is 322 g/mol. The minimum Gasteiger partial charge on any atom is -0.262 e. The van der Waals surface area contributed by atoms with Crippen molar-refractivity contribution in [2.24, 2.45) is 0 Å². The van der Waals surface area contributed by atoms with Crippen molar-refractivity contribution in [2.75, 3.05) is 4.72 Å². The maximum atomic E-state index is 13.0. The molecule has 9 heteroatoms. The number of benzene rings is 1. The summed E-state index contributed by atoms with van der Waals surface area (Å²) in [5.74, 6) is -0.754. The fraction of sp³-hybridized carbons (Fsp3) is 0. The second kappa shape index (κ2) is 5.28. The lowest BCUT2D eigenvalue weighted by Gasteiger charge is -2.07. The Labute approximate surface area is 118 Å². The van der Waals surface area contributed by atoms with Crippen LogP contribution in [0.4, 0.5) is 10.2 Å². The number of nitrogens with zero attached hydrogens (tertiary/aromatic N) is 2. The van der Waals surface area contributed by atoms with Gasteiger partial charge < -0.3 is 0 Å². The monoisotopic (exact) mass is 321 g/mol. The molecule has 1 heterocycles. The fourth-order valence-electron chi connectivity index (χ4n) is 1.23. The van der Waals surface area contributed by atoms with Crippen LogP contribution >= 0.6 is 23.2 Å². The standard InChI is InChI=1S/C10H6Cl2FN3O2S/c11-7-3-6(1-2-8(7)13)19(17,18)16-10-5-14-4-9(12)15-10/h1-5H,(H,15,16). The molecule has 2 aromatic rings. The first-order chi connectivity index (χ1) is 8.88. The Bertz CT molecular complexity index is 724. The van der Waals surface area contributed by atoms with E-state index in [-0.39, 0.29) is 20.9 Å². The molecule has 0 amide bonds. The number of hydrogen-bond acceptors (Lipinski definition) is 4. The molecule has 2 rings (SSSR count). The lowest BCUT2D eigenvalue weighted by Crippen LogP contribution is -2.14. The molecule has 0 unspecified atom stereocenters. The van der Waals surface area contributed by atoms with E-state index in [1.165, 1.54) is 12.4 Å². The van der Waals surface area contributed by atoms with Gasteiger partial charge in [0.15, 0.2) is 5.82 Å². The molecular formula is C10H6Cl2FN3O2S. The third kappa shape index (κ3) is 3.31. The van der Waals surface area contributed by atoms with Crippen LogP contribution in [-0.4, -0.2) is 18.4 Å². The van der Waals surface area contributed by atoms with Gasteiger partial charge in [-0.15, -0.1) is 0 Å². The van der Waals surface area contributed by atoms with Crippen molar-refractivity contribution in [1.29, 1.82) is 0 Å². The zero-order valence-corrected chi connectivity index (χ0v) is 11.5. The van der Waals surface area contributed by atoms with Crippen LogP contribution in [0.3, 0.4) is 0 Å². The summed E-state index contributed by atoms with van der Waals surface area (Å²) in [6, 6.07) is 3.04. The third-order valence-corrected chi connectivity index (χ3v) is 3.87. The van der Waals surface area contributed by atoms with E-state index in [9.17, 15) is 12.8 Å². The number of nitrogens with one attached hydrogen (secondary N) is 1. The van der Waals surface area contributed by atoms with E-state index < -0.39 is 15.8 Å². The second-order valence-electron chi connectivity index (χ2n) is 3.41. The van der Waals surface area contributed by atoms with Crippen LogP contribution in [-0.2, 0) is 10.0 Å². The van der Waals surface area contributed by atoms with Crippen molar-refractivity contribution >= 4 is 39.0 Å². The highest BCUT2D eigenvalue weighted by atomic mass is 35.5. The quantitative estimate of drug-likeness (QED) is 0.943. The van der Waals surface area contributed by atoms with Crippen molar-refractivity contribution < 1.29 is 12.8 Å². The van der Waals surface area contributed by atoms with E-state index in [1.54, 1.807) is 0 Å². The van der Waals surface area contributed by atoms with Crippen LogP contribution in [0.5, 0.6) is 0 Å². The van der Waals surface area contributed by atoms with Gasteiger partial charge in [-0.1, -0.05) is 23.2 Å². The first-order valence-corrected chi connectivity index (χ1v) is 7.08. The summed E-state index contributed by atoms with van der Waals surface area (Å²) in [4.78, 5) is 7.22. The molecule has 0 bridgehead atoms. The van der Waals surface area contributed by atoms with Crippen molar-refractivity contribution in [3.8, 4) is 0 Å². The van der Waals surface area contributed by atoms with E-state index in [0.29, 0.717) is 0 Å². The molecule has 0 spiro atoms. The van der Waals surface area contributed by atoms with E-state index in [2.05, 4.69) is 14.7 Å². The molecule has 1 N–H and O–H groups in total. The topological polar surface area (TPSA) is 72.0 Å². The van der Waals surface area contributed by atoms with Gasteiger partial charge >= 0.3 is 0 Å². The molecule has 5 nitrogen and oxygen atoms in total. The average Bonchev–Trinajstić information content (AvgIpc) is 2.32. The van der Waals surface area contributed by atoms with Crippen molar-refractivity contribution in [3.05, 3.63) is 46.6 Å². The lowest BCUT2D eigenvalue weighted by molar-refractivity contribution is 0.599. The van der Waals surface area contributed by atoms with Gasteiger partial charge in [-0.05, 0) is 18.2 Å². The van der Waals surface area contributed by atoms with Gasteiger partial charge in [0, 0.05) is 0 Å². The minimum atomic E-state index is -3.93. The first kappa shape index (κ1) is 14.0. The molecule has 0 atom stereocenters. The molecule has 0 radical (unpaired) electrons. The van der Waals surface area contributed by atoms with Crippen LogP contribution in [0, 0.1) is 5.82 Å². The minimum absolute atomic E-state index is 0.0392. The van der Waals surface area contributed by atoms with Gasteiger partial charge in [-0.3, -0.25) is 9.71 Å². The first-order valence-electron chi connectivity index (χ1n) is 4.84. The van der Waals surface area contributed by atoms with E-state index >= 15 is 0 Å². The van der Waals surface area contributed by atoms with Crippen LogP contribution in [0.1, 0.15) is 0 Å². The van der Waals surface area contributed by atoms with E-state index in [4.69, 9.17) is 23.2 Å². The third-order valence-electron chi connectivity index (χ3n) is 2.05. The molecule has 1 aromatic heterocycles. The Morgan fingerprint density at radius 3 is 2.58 bits per heavy atom. The van der Waals surface area contributed by atoms with Gasteiger partial charge in [0.2, 0.25) is 0 Å². The molecule has 0 saturated heterocycles. The number of aromatic nitrogens is 2. The summed E-state index contributed by atoms with van der Waals surface area (Å²) in [5, 5.41) is -0.252. The van der Waals surface area contributed by atoms with Crippen LogP contribution < -0.4 is 4.72 Å². The summed E-state index contributed by atoms with van der Waals surface area (Å²) in [6.07, 6.45) is 2.45. The van der Waals surface area contributed by atoms with Crippen LogP contribution in [0.2, 0.25) is 10.2 Å². The Hall–Kier alpha value is -1.44. The van der Waals surface area contributed by atoms with E-state index in [1.807, 2.05) is 0 Å². The van der Waals surface area contributed by atoms with Crippen molar-refractivity contribution in [1.82, 2.24) is 9.97 Å². The SMILES string of the molecule is O=S(=O)(Nc1cncc(Cl)n1)c1ccc(F)c(Cl)c1. The molecule has 19 heavy (non-hydrogen) atoms. The molecular weight excluding hydrogens is 316 g/mol. The lowest BCUT2D eigenvalue weighted by atomic mass is 10.3. The number of rotatable bonds is 3. The molecule has 0 saturated carbocycles. The molecule has 0 aliphatic carbocycles. The fourth-order valence-corrected chi connectivity index (χ4v) is 2.64. The predicted molar refractivity (Wildman–Crippen MR) is 69.3 cm³/mol. The Balaban J connectivity index is 2.35. The highest BCUT2D eigenvalue weighted by Gasteiger charge is 2.16. The Morgan fingerprint density at radius 2 is 1.95 bits per heavy atom.